The van der Waals surface area contributed by atoms with E-state index in [0.717, 1.165) is 50.9 Å². The Balaban J connectivity index is 1.23. The van der Waals surface area contributed by atoms with E-state index in [9.17, 15) is 4.39 Å². The van der Waals surface area contributed by atoms with Crippen molar-refractivity contribution in [3.63, 3.8) is 0 Å². The normalized spacial score (nSPS) is 16.1. The third-order valence-electron chi connectivity index (χ3n) is 6.35. The van der Waals surface area contributed by atoms with Crippen LogP contribution >= 0.6 is 0 Å². The first kappa shape index (κ1) is 18.3. The Kier molecular flexibility index (Phi) is 5.03. The number of halogens is 1. The van der Waals surface area contributed by atoms with E-state index in [1.165, 1.54) is 39.5 Å². The second kappa shape index (κ2) is 7.96. The monoisotopic (exact) mass is 383 g/mol. The fourth-order valence-corrected chi connectivity index (χ4v) is 4.69. The molecule has 3 aromatic carbocycles. The highest BCUT2D eigenvalue weighted by Gasteiger charge is 2.17. The van der Waals surface area contributed by atoms with Crippen molar-refractivity contribution >= 4 is 5.57 Å². The molecule has 2 heteroatoms. The lowest BCUT2D eigenvalue weighted by Gasteiger charge is -2.27. The fraction of sp³-hybridized carbons (Fsp3) is 0.259. The number of nitrogens with zero attached hydrogens (tertiary/aromatic N) is 1. The molecule has 0 bridgehead atoms. The van der Waals surface area contributed by atoms with Crippen molar-refractivity contribution < 1.29 is 4.39 Å². The number of fused-ring (bicyclic) bond motifs is 3. The quantitative estimate of drug-likeness (QED) is 0.540. The molecule has 146 valence electrons. The number of rotatable bonds is 4. The van der Waals surface area contributed by atoms with E-state index in [0.29, 0.717) is 0 Å². The molecule has 0 fully saturated rings. The van der Waals surface area contributed by atoms with Crippen molar-refractivity contribution in [2.45, 2.75) is 25.7 Å². The van der Waals surface area contributed by atoms with Crippen molar-refractivity contribution in [1.82, 2.24) is 4.90 Å². The second-order valence-electron chi connectivity index (χ2n) is 8.19. The van der Waals surface area contributed by atoms with Gasteiger partial charge in [-0.3, -0.25) is 4.90 Å². The molecule has 1 aliphatic heterocycles. The molecule has 0 N–H and O–H groups in total. The van der Waals surface area contributed by atoms with Gasteiger partial charge in [-0.15, -0.1) is 0 Å². The summed E-state index contributed by atoms with van der Waals surface area (Å²) in [6, 6.07) is 22.8. The average Bonchev–Trinajstić information content (AvgIpc) is 2.78. The smallest absolute Gasteiger partial charge is 0.123 e. The van der Waals surface area contributed by atoms with Gasteiger partial charge in [0, 0.05) is 19.6 Å². The van der Waals surface area contributed by atoms with Crippen LogP contribution in [0.25, 0.3) is 16.7 Å². The molecule has 3 aromatic rings. The number of hydrogen-bond donors (Lipinski definition) is 0. The van der Waals surface area contributed by atoms with E-state index in [2.05, 4.69) is 53.4 Å². The molecule has 0 saturated carbocycles. The molecule has 0 atom stereocenters. The van der Waals surface area contributed by atoms with Gasteiger partial charge in [0.2, 0.25) is 0 Å². The summed E-state index contributed by atoms with van der Waals surface area (Å²) in [6.07, 6.45) is 6.63. The van der Waals surface area contributed by atoms with Crippen LogP contribution in [0.2, 0.25) is 0 Å². The number of benzene rings is 3. The summed E-state index contributed by atoms with van der Waals surface area (Å²) < 4.78 is 13.5. The Morgan fingerprint density at radius 3 is 2.52 bits per heavy atom. The molecule has 29 heavy (non-hydrogen) atoms. The highest BCUT2D eigenvalue weighted by atomic mass is 19.1. The summed E-state index contributed by atoms with van der Waals surface area (Å²) >= 11 is 0. The molecule has 1 heterocycles. The van der Waals surface area contributed by atoms with Gasteiger partial charge < -0.3 is 0 Å². The Bertz CT molecular complexity index is 1070. The fourth-order valence-electron chi connectivity index (χ4n) is 4.69. The van der Waals surface area contributed by atoms with Crippen molar-refractivity contribution in [3.05, 3.63) is 101 Å². The van der Waals surface area contributed by atoms with Gasteiger partial charge in [-0.2, -0.15) is 0 Å². The minimum absolute atomic E-state index is 0.152. The third kappa shape index (κ3) is 3.90. The topological polar surface area (TPSA) is 3.24 Å². The third-order valence-corrected chi connectivity index (χ3v) is 6.35. The molecule has 0 amide bonds. The van der Waals surface area contributed by atoms with Crippen LogP contribution in [0.3, 0.4) is 0 Å². The van der Waals surface area contributed by atoms with Gasteiger partial charge in [0.1, 0.15) is 5.82 Å². The molecule has 5 rings (SSSR count). The van der Waals surface area contributed by atoms with Crippen LogP contribution < -0.4 is 0 Å². The van der Waals surface area contributed by atoms with Gasteiger partial charge in [-0.25, -0.2) is 4.39 Å². The van der Waals surface area contributed by atoms with Gasteiger partial charge in [0.05, 0.1) is 0 Å². The van der Waals surface area contributed by atoms with E-state index in [4.69, 9.17) is 0 Å². The highest BCUT2D eigenvalue weighted by molar-refractivity contribution is 5.73. The summed E-state index contributed by atoms with van der Waals surface area (Å²) in [6.45, 7) is 3.06. The van der Waals surface area contributed by atoms with Gasteiger partial charge in [0.25, 0.3) is 0 Å². The number of hydrogen-bond acceptors (Lipinski definition) is 1. The van der Waals surface area contributed by atoms with Crippen LogP contribution in [-0.2, 0) is 19.3 Å². The maximum absolute atomic E-state index is 13.5. The largest absolute Gasteiger partial charge is 0.299 e. The van der Waals surface area contributed by atoms with E-state index < -0.39 is 0 Å². The van der Waals surface area contributed by atoms with Crippen LogP contribution in [0.5, 0.6) is 0 Å². The summed E-state index contributed by atoms with van der Waals surface area (Å²) in [5.74, 6) is -0.152. The summed E-state index contributed by atoms with van der Waals surface area (Å²) in [7, 11) is 0. The first-order chi connectivity index (χ1) is 14.3. The first-order valence-corrected chi connectivity index (χ1v) is 10.6. The zero-order valence-corrected chi connectivity index (χ0v) is 16.7. The lowest BCUT2D eigenvalue weighted by atomic mass is 9.84. The standard InChI is InChI=1S/C27H26FN/c28-25-6-3-5-23(19-25)21-13-16-29(17-14-21)15-12-20-8-11-27-24(18-20)10-9-22-4-1-2-7-26(22)27/h1-8,11,13,18-19H,9-10,12,14-17H2. The Labute approximate surface area is 172 Å². The first-order valence-electron chi connectivity index (χ1n) is 10.6. The molecule has 0 unspecified atom stereocenters. The molecule has 0 radical (unpaired) electrons. The SMILES string of the molecule is Fc1cccc(C2=CCN(CCc3ccc4c(c3)CCc3ccccc3-4)CC2)c1. The minimum atomic E-state index is -0.152. The molecule has 0 spiro atoms. The van der Waals surface area contributed by atoms with Gasteiger partial charge in [-0.1, -0.05) is 60.7 Å². The van der Waals surface area contributed by atoms with Gasteiger partial charge in [-0.05, 0) is 76.8 Å². The highest BCUT2D eigenvalue weighted by Crippen LogP contribution is 2.34. The van der Waals surface area contributed by atoms with Crippen LogP contribution in [0.4, 0.5) is 4.39 Å². The summed E-state index contributed by atoms with van der Waals surface area (Å²) in [5.41, 5.74) is 9.52. The predicted octanol–water partition coefficient (Wildman–Crippen LogP) is 5.92. The maximum Gasteiger partial charge on any atom is 0.123 e. The van der Waals surface area contributed by atoms with Crippen molar-refractivity contribution in [3.8, 4) is 11.1 Å². The van der Waals surface area contributed by atoms with E-state index in [-0.39, 0.29) is 5.82 Å². The van der Waals surface area contributed by atoms with Crippen molar-refractivity contribution in [1.29, 1.82) is 0 Å². The molecule has 0 saturated heterocycles. The Morgan fingerprint density at radius 2 is 1.66 bits per heavy atom. The zero-order valence-electron chi connectivity index (χ0n) is 16.7. The van der Waals surface area contributed by atoms with Crippen LogP contribution in [0, 0.1) is 5.82 Å². The second-order valence-corrected chi connectivity index (χ2v) is 8.19. The lowest BCUT2D eigenvalue weighted by molar-refractivity contribution is 0.306. The van der Waals surface area contributed by atoms with Crippen LogP contribution in [-0.4, -0.2) is 24.5 Å². The van der Waals surface area contributed by atoms with Crippen molar-refractivity contribution in [2.24, 2.45) is 0 Å². The Hall–Kier alpha value is -2.71. The predicted molar refractivity (Wildman–Crippen MR) is 118 cm³/mol. The minimum Gasteiger partial charge on any atom is -0.299 e. The van der Waals surface area contributed by atoms with E-state index in [1.807, 2.05) is 6.07 Å². The van der Waals surface area contributed by atoms with E-state index in [1.54, 1.807) is 12.1 Å². The molecule has 1 aliphatic carbocycles. The van der Waals surface area contributed by atoms with Gasteiger partial charge in [0.15, 0.2) is 0 Å². The molecule has 2 aliphatic rings. The maximum atomic E-state index is 13.5. The summed E-state index contributed by atoms with van der Waals surface area (Å²) in [4.78, 5) is 2.50. The molecular weight excluding hydrogens is 357 g/mol. The van der Waals surface area contributed by atoms with Crippen LogP contribution in [0.15, 0.2) is 72.8 Å². The van der Waals surface area contributed by atoms with E-state index >= 15 is 0 Å². The molecular formula is C27H26FN. The lowest BCUT2D eigenvalue weighted by Crippen LogP contribution is -2.30. The summed E-state index contributed by atoms with van der Waals surface area (Å²) in [5, 5.41) is 0. The average molecular weight is 384 g/mol. The molecule has 1 nitrogen and oxygen atoms in total. The zero-order chi connectivity index (χ0) is 19.6. The van der Waals surface area contributed by atoms with Crippen molar-refractivity contribution in [2.75, 3.05) is 19.6 Å². The van der Waals surface area contributed by atoms with Crippen LogP contribution in [0.1, 0.15) is 28.7 Å². The number of aryl methyl sites for hydroxylation is 2. The Morgan fingerprint density at radius 1 is 0.793 bits per heavy atom. The molecule has 0 aromatic heterocycles. The van der Waals surface area contributed by atoms with Gasteiger partial charge >= 0.3 is 0 Å².